The van der Waals surface area contributed by atoms with Crippen LogP contribution < -0.4 is 11.1 Å². The number of piperidine rings is 1. The highest BCUT2D eigenvalue weighted by Crippen LogP contribution is 2.33. The molecule has 1 saturated heterocycles. The van der Waals surface area contributed by atoms with Crippen molar-refractivity contribution in [3.05, 3.63) is 29.8 Å². The lowest BCUT2D eigenvalue weighted by Gasteiger charge is -2.31. The van der Waals surface area contributed by atoms with Gasteiger partial charge in [-0.1, -0.05) is 31.4 Å². The predicted molar refractivity (Wildman–Crippen MR) is 113 cm³/mol. The summed E-state index contributed by atoms with van der Waals surface area (Å²) in [6, 6.07) is 7.41. The summed E-state index contributed by atoms with van der Waals surface area (Å²) in [4.78, 5) is 12.5. The number of halogens is 1. The van der Waals surface area contributed by atoms with E-state index in [0.717, 1.165) is 0 Å². The molecule has 6 nitrogen and oxygen atoms in total. The lowest BCUT2D eigenvalue weighted by Crippen LogP contribution is -2.46. The maximum atomic E-state index is 13.0. The lowest BCUT2D eigenvalue weighted by molar-refractivity contribution is -0.126. The molecule has 1 aliphatic carbocycles. The van der Waals surface area contributed by atoms with Crippen LogP contribution in [0.2, 0.25) is 0 Å². The Morgan fingerprint density at radius 1 is 1.07 bits per heavy atom. The molecule has 28 heavy (non-hydrogen) atoms. The number of rotatable bonds is 6. The first kappa shape index (κ1) is 23.1. The van der Waals surface area contributed by atoms with E-state index in [1.807, 2.05) is 12.1 Å². The van der Waals surface area contributed by atoms with E-state index in [-0.39, 0.29) is 30.8 Å². The number of hydrogen-bond acceptors (Lipinski definition) is 4. The van der Waals surface area contributed by atoms with E-state index in [0.29, 0.717) is 43.3 Å². The Labute approximate surface area is 174 Å². The zero-order valence-corrected chi connectivity index (χ0v) is 17.9. The Hall–Kier alpha value is -1.15. The van der Waals surface area contributed by atoms with Gasteiger partial charge in [0.15, 0.2) is 0 Å². The number of carbonyl (C=O) groups excluding carboxylic acids is 1. The molecular formula is C20H32ClN3O3S. The monoisotopic (exact) mass is 429 g/mol. The highest BCUT2D eigenvalue weighted by molar-refractivity contribution is 7.89. The SMILES string of the molecule is Cl.NCCNC(=O)C1CCCN(S(=O)(=O)c2ccc(C3CCCCC3)cc2)C1. The Morgan fingerprint density at radius 3 is 2.39 bits per heavy atom. The molecule has 1 aromatic rings. The second kappa shape index (κ2) is 10.6. The molecule has 1 amide bonds. The average molecular weight is 430 g/mol. The van der Waals surface area contributed by atoms with E-state index >= 15 is 0 Å². The van der Waals surface area contributed by atoms with Gasteiger partial charge in [-0.3, -0.25) is 4.79 Å². The summed E-state index contributed by atoms with van der Waals surface area (Å²) in [7, 11) is -3.57. The van der Waals surface area contributed by atoms with Gasteiger partial charge in [0.25, 0.3) is 0 Å². The van der Waals surface area contributed by atoms with E-state index in [2.05, 4.69) is 5.32 Å². The fraction of sp³-hybridized carbons (Fsp3) is 0.650. The summed E-state index contributed by atoms with van der Waals surface area (Å²) < 4.78 is 27.5. The molecule has 0 bridgehead atoms. The van der Waals surface area contributed by atoms with Crippen LogP contribution >= 0.6 is 12.4 Å². The molecule has 0 aromatic heterocycles. The average Bonchev–Trinajstić information content (AvgIpc) is 2.73. The van der Waals surface area contributed by atoms with Crippen LogP contribution in [-0.2, 0) is 14.8 Å². The standard InChI is InChI=1S/C20H31N3O3S.ClH/c21-12-13-22-20(24)18-7-4-14-23(15-18)27(25,26)19-10-8-17(9-11-19)16-5-2-1-3-6-16;/h8-11,16,18H,1-7,12-15,21H2,(H,22,24);1H. The smallest absolute Gasteiger partial charge is 0.243 e. The van der Waals surface area contributed by atoms with Gasteiger partial charge >= 0.3 is 0 Å². The highest BCUT2D eigenvalue weighted by atomic mass is 35.5. The first-order chi connectivity index (χ1) is 13.0. The highest BCUT2D eigenvalue weighted by Gasteiger charge is 2.33. The Kier molecular flexibility index (Phi) is 8.74. The van der Waals surface area contributed by atoms with E-state index < -0.39 is 10.0 Å². The van der Waals surface area contributed by atoms with Crippen molar-refractivity contribution in [2.45, 2.75) is 55.8 Å². The van der Waals surface area contributed by atoms with Gasteiger partial charge in [-0.15, -0.1) is 12.4 Å². The van der Waals surface area contributed by atoms with Crippen LogP contribution in [-0.4, -0.2) is 44.8 Å². The third-order valence-electron chi connectivity index (χ3n) is 5.79. The molecule has 8 heteroatoms. The number of carbonyl (C=O) groups is 1. The molecule has 2 fully saturated rings. The summed E-state index contributed by atoms with van der Waals surface area (Å²) in [5.74, 6) is 0.149. The van der Waals surface area contributed by atoms with Crippen LogP contribution in [0.1, 0.15) is 56.4 Å². The zero-order chi connectivity index (χ0) is 19.3. The number of nitrogens with two attached hydrogens (primary N) is 1. The normalized spacial score (nSPS) is 21.7. The number of hydrogen-bond donors (Lipinski definition) is 2. The number of nitrogens with zero attached hydrogens (tertiary/aromatic N) is 1. The van der Waals surface area contributed by atoms with Crippen molar-refractivity contribution in [2.24, 2.45) is 11.7 Å². The van der Waals surface area contributed by atoms with Gasteiger partial charge in [-0.25, -0.2) is 8.42 Å². The maximum absolute atomic E-state index is 13.0. The van der Waals surface area contributed by atoms with Gasteiger partial charge in [0.2, 0.25) is 15.9 Å². The first-order valence-electron chi connectivity index (χ1n) is 10.1. The molecule has 2 aliphatic rings. The van der Waals surface area contributed by atoms with Gasteiger partial charge in [0.05, 0.1) is 10.8 Å². The van der Waals surface area contributed by atoms with Crippen molar-refractivity contribution >= 4 is 28.3 Å². The van der Waals surface area contributed by atoms with Crippen LogP contribution in [0.4, 0.5) is 0 Å². The van der Waals surface area contributed by atoms with Crippen molar-refractivity contribution < 1.29 is 13.2 Å². The molecule has 1 aromatic carbocycles. The molecular weight excluding hydrogens is 398 g/mol. The summed E-state index contributed by atoms with van der Waals surface area (Å²) in [5, 5.41) is 2.77. The minimum absolute atomic E-state index is 0. The molecule has 1 aliphatic heterocycles. The fourth-order valence-electron chi connectivity index (χ4n) is 4.21. The number of sulfonamides is 1. The molecule has 1 atom stereocenters. The second-order valence-electron chi connectivity index (χ2n) is 7.69. The molecule has 158 valence electrons. The van der Waals surface area contributed by atoms with Gasteiger partial charge in [0.1, 0.15) is 0 Å². The molecule has 1 heterocycles. The Bertz CT molecular complexity index is 734. The lowest BCUT2D eigenvalue weighted by atomic mass is 9.84. The van der Waals surface area contributed by atoms with E-state index in [9.17, 15) is 13.2 Å². The van der Waals surface area contributed by atoms with Crippen LogP contribution in [0.25, 0.3) is 0 Å². The quantitative estimate of drug-likeness (QED) is 0.726. The minimum Gasteiger partial charge on any atom is -0.355 e. The van der Waals surface area contributed by atoms with Crippen LogP contribution in [0.15, 0.2) is 29.2 Å². The number of amides is 1. The Balaban J connectivity index is 0.00000280. The van der Waals surface area contributed by atoms with Crippen LogP contribution in [0.5, 0.6) is 0 Å². The van der Waals surface area contributed by atoms with Crippen LogP contribution in [0.3, 0.4) is 0 Å². The van der Waals surface area contributed by atoms with Gasteiger partial charge in [-0.2, -0.15) is 4.31 Å². The summed E-state index contributed by atoms with van der Waals surface area (Å²) in [6.45, 7) is 1.51. The van der Waals surface area contributed by atoms with E-state index in [4.69, 9.17) is 5.73 Å². The first-order valence-corrected chi connectivity index (χ1v) is 11.5. The van der Waals surface area contributed by atoms with Crippen LogP contribution in [0, 0.1) is 5.92 Å². The third-order valence-corrected chi connectivity index (χ3v) is 7.67. The van der Waals surface area contributed by atoms with Crippen molar-refractivity contribution in [2.75, 3.05) is 26.2 Å². The maximum Gasteiger partial charge on any atom is 0.243 e. The van der Waals surface area contributed by atoms with Crippen molar-refractivity contribution in [1.82, 2.24) is 9.62 Å². The predicted octanol–water partition coefficient (Wildman–Crippen LogP) is 2.63. The van der Waals surface area contributed by atoms with Crippen molar-refractivity contribution in [3.8, 4) is 0 Å². The van der Waals surface area contributed by atoms with Gasteiger partial charge in [0, 0.05) is 26.2 Å². The third kappa shape index (κ3) is 5.47. The largest absolute Gasteiger partial charge is 0.355 e. The summed E-state index contributed by atoms with van der Waals surface area (Å²) in [5.41, 5.74) is 6.67. The van der Waals surface area contributed by atoms with Gasteiger partial charge in [-0.05, 0) is 49.3 Å². The van der Waals surface area contributed by atoms with E-state index in [1.165, 1.54) is 42.0 Å². The summed E-state index contributed by atoms with van der Waals surface area (Å²) >= 11 is 0. The number of benzene rings is 1. The van der Waals surface area contributed by atoms with Crippen molar-refractivity contribution in [1.29, 1.82) is 0 Å². The van der Waals surface area contributed by atoms with E-state index in [1.54, 1.807) is 12.1 Å². The number of nitrogens with one attached hydrogen (secondary N) is 1. The molecule has 1 unspecified atom stereocenters. The molecule has 3 rings (SSSR count). The van der Waals surface area contributed by atoms with Gasteiger partial charge < -0.3 is 11.1 Å². The fourth-order valence-corrected chi connectivity index (χ4v) is 5.74. The molecule has 1 saturated carbocycles. The Morgan fingerprint density at radius 2 is 1.75 bits per heavy atom. The summed E-state index contributed by atoms with van der Waals surface area (Å²) in [6.07, 6.45) is 7.61. The molecule has 0 radical (unpaired) electrons. The zero-order valence-electron chi connectivity index (χ0n) is 16.3. The van der Waals surface area contributed by atoms with Crippen molar-refractivity contribution in [3.63, 3.8) is 0 Å². The minimum atomic E-state index is -3.57. The second-order valence-corrected chi connectivity index (χ2v) is 9.62. The molecule has 3 N–H and O–H groups in total. The topological polar surface area (TPSA) is 92.5 Å². The molecule has 0 spiro atoms.